The summed E-state index contributed by atoms with van der Waals surface area (Å²) in [5.74, 6) is -1.77. The maximum atomic E-state index is 14.1. The molecule has 0 saturated heterocycles. The lowest BCUT2D eigenvalue weighted by atomic mass is 10.0. The third-order valence-corrected chi connectivity index (χ3v) is 6.88. The molecule has 6 nitrogen and oxygen atoms in total. The first kappa shape index (κ1) is 32.0. The van der Waals surface area contributed by atoms with Crippen LogP contribution in [0, 0.1) is 0 Å². The average molecular weight is 545 g/mol. The van der Waals surface area contributed by atoms with Gasteiger partial charge >= 0.3 is 27.5 Å². The molecule has 1 aromatic rings. The van der Waals surface area contributed by atoms with E-state index in [2.05, 4.69) is 11.3 Å². The Kier molecular flexibility index (Phi) is 11.5. The Labute approximate surface area is 209 Å². The molecule has 206 valence electrons. The van der Waals surface area contributed by atoms with E-state index in [0.717, 1.165) is 38.5 Å². The smallest absolute Gasteiger partial charge is 0.432 e. The molecule has 0 spiro atoms. The molecule has 1 rings (SSSR count). The number of esters is 1. The molecule has 0 aliphatic carbocycles. The van der Waals surface area contributed by atoms with E-state index in [1.54, 1.807) is 6.07 Å². The van der Waals surface area contributed by atoms with Crippen molar-refractivity contribution in [1.29, 1.82) is 0 Å². The van der Waals surface area contributed by atoms with Gasteiger partial charge in [-0.2, -0.15) is 30.4 Å². The second kappa shape index (κ2) is 13.0. The number of unbranched alkanes of at least 4 members (excludes halogenated alkanes) is 3. The standard InChI is InChI=1S/C24H34F5NO5S/c1-5-9-14-30(15-10-6-2,16-11-7-3)20-17-18(8-4)12-13-19(20)21(31)35-22(23(25,26)27)24(28,29)36(32,33)34/h8,12-13,17,22H,4-7,9-11,14-16H2,1-3H3/p+1. The monoisotopic (exact) mass is 544 g/mol. The van der Waals surface area contributed by atoms with Crippen LogP contribution in [0.2, 0.25) is 0 Å². The van der Waals surface area contributed by atoms with Crippen molar-refractivity contribution >= 4 is 27.9 Å². The SMILES string of the molecule is C=Cc1ccc(C(=O)OC(C(F)(F)F)C(F)(F)S(=O)(=O)O)c([N+](CCCC)(CCCC)CCCC)c1. The molecule has 0 aromatic heterocycles. The highest BCUT2D eigenvalue weighted by Gasteiger charge is 2.66. The molecule has 0 radical (unpaired) electrons. The number of quaternary nitrogens is 1. The van der Waals surface area contributed by atoms with Gasteiger partial charge in [-0.05, 0) is 30.9 Å². The van der Waals surface area contributed by atoms with Gasteiger partial charge in [0.1, 0.15) is 11.3 Å². The largest absolute Gasteiger partial charge is 0.441 e. The van der Waals surface area contributed by atoms with Crippen molar-refractivity contribution in [3.63, 3.8) is 0 Å². The zero-order chi connectivity index (χ0) is 27.8. The number of halogens is 5. The van der Waals surface area contributed by atoms with Gasteiger partial charge in [0.05, 0.1) is 19.6 Å². The Morgan fingerprint density at radius 1 is 1.03 bits per heavy atom. The van der Waals surface area contributed by atoms with E-state index in [1.807, 2.05) is 20.8 Å². The lowest BCUT2D eigenvalue weighted by Crippen LogP contribution is -2.53. The molecule has 1 N–H and O–H groups in total. The van der Waals surface area contributed by atoms with Crippen molar-refractivity contribution in [2.45, 2.75) is 76.8 Å². The van der Waals surface area contributed by atoms with E-state index in [0.29, 0.717) is 30.9 Å². The fourth-order valence-corrected chi connectivity index (χ4v) is 4.40. The summed E-state index contributed by atoms with van der Waals surface area (Å²) < 4.78 is 104. The predicted octanol–water partition coefficient (Wildman–Crippen LogP) is 6.61. The van der Waals surface area contributed by atoms with Crippen LogP contribution >= 0.6 is 0 Å². The third-order valence-electron chi connectivity index (χ3n) is 5.98. The Morgan fingerprint density at radius 3 is 1.86 bits per heavy atom. The minimum absolute atomic E-state index is 0.215. The summed E-state index contributed by atoms with van der Waals surface area (Å²) in [5.41, 5.74) is 0.470. The fraction of sp³-hybridized carbons (Fsp3) is 0.625. The van der Waals surface area contributed by atoms with Crippen molar-refractivity contribution in [3.8, 4) is 0 Å². The summed E-state index contributed by atoms with van der Waals surface area (Å²) in [4.78, 5) is 13.0. The summed E-state index contributed by atoms with van der Waals surface area (Å²) in [6.45, 7) is 11.2. The second-order valence-corrected chi connectivity index (χ2v) is 10.2. The molecule has 0 heterocycles. The number of hydrogen-bond acceptors (Lipinski definition) is 4. The molecule has 0 fully saturated rings. The number of carbonyl (C=O) groups excluding carboxylic acids is 1. The summed E-state index contributed by atoms with van der Waals surface area (Å²) in [7, 11) is -6.55. The molecular formula is C24H35F5NO5S+. The topological polar surface area (TPSA) is 80.7 Å². The molecule has 12 heteroatoms. The van der Waals surface area contributed by atoms with Crippen LogP contribution in [0.25, 0.3) is 6.08 Å². The van der Waals surface area contributed by atoms with Crippen molar-refractivity contribution in [3.05, 3.63) is 35.9 Å². The van der Waals surface area contributed by atoms with E-state index in [-0.39, 0.29) is 10.0 Å². The van der Waals surface area contributed by atoms with E-state index >= 15 is 0 Å². The number of hydrogen-bond donors (Lipinski definition) is 1. The zero-order valence-electron chi connectivity index (χ0n) is 20.8. The highest BCUT2D eigenvalue weighted by molar-refractivity contribution is 7.86. The number of alkyl halides is 5. The number of ether oxygens (including phenoxy) is 1. The Morgan fingerprint density at radius 2 is 1.50 bits per heavy atom. The lowest BCUT2D eigenvalue weighted by molar-refractivity contribution is -0.248. The van der Waals surface area contributed by atoms with Crippen LogP contribution in [0.5, 0.6) is 0 Å². The quantitative estimate of drug-likeness (QED) is 0.116. The third kappa shape index (κ3) is 7.72. The van der Waals surface area contributed by atoms with E-state index < -0.39 is 33.6 Å². The zero-order valence-corrected chi connectivity index (χ0v) is 21.6. The van der Waals surface area contributed by atoms with Gasteiger partial charge in [-0.3, -0.25) is 9.04 Å². The maximum Gasteiger partial charge on any atom is 0.432 e. The minimum atomic E-state index is -6.55. The number of nitrogens with zero attached hydrogens (tertiary/aromatic N) is 1. The summed E-state index contributed by atoms with van der Waals surface area (Å²) in [6, 6.07) is 4.13. The summed E-state index contributed by atoms with van der Waals surface area (Å²) in [6.07, 6.45) is -4.30. The first-order valence-corrected chi connectivity index (χ1v) is 13.3. The highest BCUT2D eigenvalue weighted by atomic mass is 32.2. The molecule has 0 saturated carbocycles. The van der Waals surface area contributed by atoms with Gasteiger partial charge in [0.25, 0.3) is 6.10 Å². The fourth-order valence-electron chi connectivity index (χ4n) is 3.95. The molecule has 1 atom stereocenters. The Hall–Kier alpha value is -2.05. The highest BCUT2D eigenvalue weighted by Crippen LogP contribution is 2.40. The van der Waals surface area contributed by atoms with Crippen molar-refractivity contribution in [2.75, 3.05) is 19.6 Å². The van der Waals surface area contributed by atoms with Crippen molar-refractivity contribution in [1.82, 2.24) is 4.48 Å². The van der Waals surface area contributed by atoms with Crippen molar-refractivity contribution in [2.24, 2.45) is 0 Å². The lowest BCUT2D eigenvalue weighted by Gasteiger charge is -2.40. The molecule has 0 amide bonds. The van der Waals surface area contributed by atoms with Gasteiger partial charge in [0.2, 0.25) is 0 Å². The van der Waals surface area contributed by atoms with Crippen LogP contribution in [0.3, 0.4) is 0 Å². The van der Waals surface area contributed by atoms with Crippen LogP contribution in [-0.4, -0.2) is 56.1 Å². The average Bonchev–Trinajstić information content (AvgIpc) is 2.80. The van der Waals surface area contributed by atoms with Gasteiger partial charge in [-0.1, -0.05) is 58.8 Å². The summed E-state index contributed by atoms with van der Waals surface area (Å²) in [5, 5.41) is -5.80. The number of rotatable bonds is 15. The van der Waals surface area contributed by atoms with Crippen molar-refractivity contribution < 1.29 is 44.5 Å². The Balaban J connectivity index is 3.76. The van der Waals surface area contributed by atoms with E-state index in [9.17, 15) is 35.2 Å². The molecular weight excluding hydrogens is 509 g/mol. The molecule has 0 aliphatic heterocycles. The van der Waals surface area contributed by atoms with E-state index in [1.165, 1.54) is 18.2 Å². The second-order valence-electron chi connectivity index (χ2n) is 8.72. The molecule has 0 bridgehead atoms. The van der Waals surface area contributed by atoms with Crippen LogP contribution < -0.4 is 4.48 Å². The van der Waals surface area contributed by atoms with Gasteiger partial charge < -0.3 is 4.74 Å². The molecule has 0 aliphatic rings. The van der Waals surface area contributed by atoms with Crippen LogP contribution in [0.15, 0.2) is 24.8 Å². The van der Waals surface area contributed by atoms with Gasteiger partial charge in [-0.25, -0.2) is 4.79 Å². The van der Waals surface area contributed by atoms with Crippen LogP contribution in [-0.2, 0) is 14.9 Å². The van der Waals surface area contributed by atoms with Gasteiger partial charge in [0.15, 0.2) is 0 Å². The van der Waals surface area contributed by atoms with Gasteiger partial charge in [-0.15, -0.1) is 0 Å². The molecule has 1 aromatic carbocycles. The first-order chi connectivity index (χ1) is 16.6. The van der Waals surface area contributed by atoms with Crippen LogP contribution in [0.1, 0.15) is 75.2 Å². The number of carbonyl (C=O) groups is 1. The Bertz CT molecular complexity index is 973. The molecule has 1 unspecified atom stereocenters. The van der Waals surface area contributed by atoms with Gasteiger partial charge in [0, 0.05) is 6.07 Å². The summed E-state index contributed by atoms with van der Waals surface area (Å²) >= 11 is 0. The van der Waals surface area contributed by atoms with E-state index in [4.69, 9.17) is 4.55 Å². The first-order valence-electron chi connectivity index (χ1n) is 11.9. The molecule has 36 heavy (non-hydrogen) atoms. The predicted molar refractivity (Wildman–Crippen MR) is 129 cm³/mol. The maximum absolute atomic E-state index is 14.1. The van der Waals surface area contributed by atoms with Crippen LogP contribution in [0.4, 0.5) is 27.6 Å². The normalized spacial score (nSPS) is 13.9. The number of benzene rings is 1. The minimum Gasteiger partial charge on any atom is -0.441 e.